The zero-order valence-electron chi connectivity index (χ0n) is 11.4. The van der Waals surface area contributed by atoms with Crippen molar-refractivity contribution in [2.45, 2.75) is 13.0 Å². The molecule has 1 aliphatic rings. The summed E-state index contributed by atoms with van der Waals surface area (Å²) in [6, 6.07) is 10.2. The van der Waals surface area contributed by atoms with E-state index in [1.165, 1.54) is 5.56 Å². The summed E-state index contributed by atoms with van der Waals surface area (Å²) in [7, 11) is 0. The minimum atomic E-state index is -0.441. The topological polar surface area (TPSA) is 66.7 Å². The molecule has 0 bridgehead atoms. The number of hydrogen-bond acceptors (Lipinski definition) is 4. The van der Waals surface area contributed by atoms with Gasteiger partial charge in [0.05, 0.1) is 6.42 Å². The van der Waals surface area contributed by atoms with Gasteiger partial charge in [0.15, 0.2) is 0 Å². The third kappa shape index (κ3) is 4.31. The second kappa shape index (κ2) is 7.00. The highest BCUT2D eigenvalue weighted by Crippen LogP contribution is 2.09. The third-order valence-corrected chi connectivity index (χ3v) is 3.48. The molecule has 0 atom stereocenters. The minimum absolute atomic E-state index is 0.00564. The first kappa shape index (κ1) is 14.5. The molecule has 0 unspecified atom stereocenters. The Balaban J connectivity index is 1.75. The van der Waals surface area contributed by atoms with E-state index < -0.39 is 4.92 Å². The molecule has 1 saturated heterocycles. The Hall–Kier alpha value is -1.95. The van der Waals surface area contributed by atoms with E-state index in [1.807, 2.05) is 18.2 Å². The van der Waals surface area contributed by atoms with E-state index >= 15 is 0 Å². The summed E-state index contributed by atoms with van der Waals surface area (Å²) >= 11 is 0. The highest BCUT2D eigenvalue weighted by atomic mass is 16.6. The fourth-order valence-corrected chi connectivity index (χ4v) is 2.34. The van der Waals surface area contributed by atoms with Crippen molar-refractivity contribution in [3.8, 4) is 0 Å². The number of benzene rings is 1. The van der Waals surface area contributed by atoms with Crippen LogP contribution in [0.3, 0.4) is 0 Å². The first-order valence-corrected chi connectivity index (χ1v) is 6.81. The molecule has 0 spiro atoms. The summed E-state index contributed by atoms with van der Waals surface area (Å²) in [5.41, 5.74) is 1.26. The molecule has 1 fully saturated rings. The summed E-state index contributed by atoms with van der Waals surface area (Å²) in [5, 5.41) is 10.3. The molecule has 1 amide bonds. The van der Waals surface area contributed by atoms with Crippen molar-refractivity contribution in [1.29, 1.82) is 0 Å². The second-order valence-electron chi connectivity index (χ2n) is 4.95. The zero-order valence-corrected chi connectivity index (χ0v) is 11.4. The monoisotopic (exact) mass is 277 g/mol. The molecule has 20 heavy (non-hydrogen) atoms. The predicted molar refractivity (Wildman–Crippen MR) is 74.8 cm³/mol. The second-order valence-corrected chi connectivity index (χ2v) is 4.95. The van der Waals surface area contributed by atoms with Gasteiger partial charge in [-0.25, -0.2) is 0 Å². The Kier molecular flexibility index (Phi) is 5.06. The highest BCUT2D eigenvalue weighted by molar-refractivity contribution is 5.76. The van der Waals surface area contributed by atoms with Crippen molar-refractivity contribution < 1.29 is 9.72 Å². The van der Waals surface area contributed by atoms with Gasteiger partial charge in [0, 0.05) is 37.6 Å². The first-order valence-electron chi connectivity index (χ1n) is 6.81. The normalized spacial score (nSPS) is 16.1. The largest absolute Gasteiger partial charge is 0.340 e. The lowest BCUT2D eigenvalue weighted by atomic mass is 10.2. The maximum absolute atomic E-state index is 11.8. The molecule has 108 valence electrons. The van der Waals surface area contributed by atoms with Gasteiger partial charge in [-0.2, -0.15) is 0 Å². The number of amides is 1. The number of carbonyl (C=O) groups is 1. The van der Waals surface area contributed by atoms with Gasteiger partial charge in [0.25, 0.3) is 0 Å². The summed E-state index contributed by atoms with van der Waals surface area (Å²) in [5.74, 6) is -0.110. The molecule has 1 aliphatic heterocycles. The Labute approximate surface area is 118 Å². The van der Waals surface area contributed by atoms with Crippen LogP contribution >= 0.6 is 0 Å². The van der Waals surface area contributed by atoms with Crippen molar-refractivity contribution in [3.05, 3.63) is 46.0 Å². The maximum atomic E-state index is 11.8. The average molecular weight is 277 g/mol. The number of nitro groups is 1. The van der Waals surface area contributed by atoms with Crippen LogP contribution in [0.1, 0.15) is 12.0 Å². The van der Waals surface area contributed by atoms with Crippen molar-refractivity contribution >= 4 is 5.91 Å². The zero-order chi connectivity index (χ0) is 14.4. The van der Waals surface area contributed by atoms with Crippen LogP contribution in [0.15, 0.2) is 30.3 Å². The number of carbonyl (C=O) groups excluding carboxylic acids is 1. The molecule has 6 nitrogen and oxygen atoms in total. The minimum Gasteiger partial charge on any atom is -0.340 e. The Morgan fingerprint density at radius 3 is 2.40 bits per heavy atom. The molecule has 2 rings (SSSR count). The van der Waals surface area contributed by atoms with E-state index in [-0.39, 0.29) is 18.9 Å². The molecule has 0 aliphatic carbocycles. The molecule has 1 heterocycles. The molecule has 0 radical (unpaired) electrons. The van der Waals surface area contributed by atoms with E-state index in [0.717, 1.165) is 19.6 Å². The number of piperazine rings is 1. The van der Waals surface area contributed by atoms with Crippen LogP contribution in [0.2, 0.25) is 0 Å². The van der Waals surface area contributed by atoms with Gasteiger partial charge in [-0.15, -0.1) is 0 Å². The summed E-state index contributed by atoms with van der Waals surface area (Å²) < 4.78 is 0. The van der Waals surface area contributed by atoms with Gasteiger partial charge >= 0.3 is 0 Å². The molecule has 0 N–H and O–H groups in total. The Morgan fingerprint density at radius 1 is 1.15 bits per heavy atom. The summed E-state index contributed by atoms with van der Waals surface area (Å²) in [6.45, 7) is 3.56. The van der Waals surface area contributed by atoms with E-state index in [2.05, 4.69) is 17.0 Å². The van der Waals surface area contributed by atoms with Gasteiger partial charge in [-0.3, -0.25) is 19.8 Å². The predicted octanol–water partition coefficient (Wildman–Crippen LogP) is 0.998. The van der Waals surface area contributed by atoms with Crippen LogP contribution in [0.4, 0.5) is 0 Å². The molecular weight excluding hydrogens is 258 g/mol. The van der Waals surface area contributed by atoms with Crippen molar-refractivity contribution in [3.63, 3.8) is 0 Å². The van der Waals surface area contributed by atoms with Gasteiger partial charge in [0.1, 0.15) is 0 Å². The molecule has 0 aromatic heterocycles. The smallest absolute Gasteiger partial charge is 0.229 e. The van der Waals surface area contributed by atoms with Crippen LogP contribution in [0.5, 0.6) is 0 Å². The van der Waals surface area contributed by atoms with E-state index in [0.29, 0.717) is 13.1 Å². The Bertz CT molecular complexity index is 456. The van der Waals surface area contributed by atoms with Crippen molar-refractivity contribution in [2.24, 2.45) is 0 Å². The molecule has 1 aromatic carbocycles. The van der Waals surface area contributed by atoms with Gasteiger partial charge in [-0.05, 0) is 5.56 Å². The van der Waals surface area contributed by atoms with Gasteiger partial charge in [0.2, 0.25) is 12.5 Å². The van der Waals surface area contributed by atoms with E-state index in [1.54, 1.807) is 4.90 Å². The lowest BCUT2D eigenvalue weighted by molar-refractivity contribution is -0.478. The lowest BCUT2D eigenvalue weighted by Gasteiger charge is -2.34. The number of rotatable bonds is 5. The van der Waals surface area contributed by atoms with Crippen LogP contribution in [-0.4, -0.2) is 53.4 Å². The van der Waals surface area contributed by atoms with Crippen molar-refractivity contribution in [2.75, 3.05) is 32.7 Å². The fraction of sp³-hybridized carbons (Fsp3) is 0.500. The highest BCUT2D eigenvalue weighted by Gasteiger charge is 2.21. The molecule has 6 heteroatoms. The fourth-order valence-electron chi connectivity index (χ4n) is 2.34. The molecular formula is C14H19N3O3. The number of hydrogen-bond donors (Lipinski definition) is 0. The SMILES string of the molecule is O=C(CC[N+](=O)[O-])N1CCN(Cc2ccccc2)CC1. The van der Waals surface area contributed by atoms with Crippen LogP contribution in [-0.2, 0) is 11.3 Å². The van der Waals surface area contributed by atoms with Crippen LogP contribution in [0.25, 0.3) is 0 Å². The van der Waals surface area contributed by atoms with E-state index in [4.69, 9.17) is 0 Å². The summed E-state index contributed by atoms with van der Waals surface area (Å²) in [6.07, 6.45) is 0.00564. The number of nitrogens with zero attached hydrogens (tertiary/aromatic N) is 3. The summed E-state index contributed by atoms with van der Waals surface area (Å²) in [4.78, 5) is 25.6. The average Bonchev–Trinajstić information content (AvgIpc) is 2.46. The molecule has 1 aromatic rings. The maximum Gasteiger partial charge on any atom is 0.229 e. The molecule has 0 saturated carbocycles. The Morgan fingerprint density at radius 2 is 1.80 bits per heavy atom. The first-order chi connectivity index (χ1) is 9.65. The lowest BCUT2D eigenvalue weighted by Crippen LogP contribution is -2.48. The van der Waals surface area contributed by atoms with Crippen molar-refractivity contribution in [1.82, 2.24) is 9.80 Å². The van der Waals surface area contributed by atoms with Gasteiger partial charge in [-0.1, -0.05) is 30.3 Å². The quantitative estimate of drug-likeness (QED) is 0.595. The standard InChI is InChI=1S/C14H19N3O3/c18-14(6-7-17(19)20)16-10-8-15(9-11-16)12-13-4-2-1-3-5-13/h1-5H,6-12H2. The third-order valence-electron chi connectivity index (χ3n) is 3.48. The van der Waals surface area contributed by atoms with Crippen LogP contribution in [0, 0.1) is 10.1 Å². The van der Waals surface area contributed by atoms with Gasteiger partial charge < -0.3 is 4.90 Å². The van der Waals surface area contributed by atoms with E-state index in [9.17, 15) is 14.9 Å². The van der Waals surface area contributed by atoms with Crippen LogP contribution < -0.4 is 0 Å².